The molecule has 1 unspecified atom stereocenters. The lowest BCUT2D eigenvalue weighted by molar-refractivity contribution is -0.899. The van der Waals surface area contributed by atoms with Gasteiger partial charge in [0.2, 0.25) is 5.91 Å². The molecule has 0 aliphatic carbocycles. The number of carbonyl (C=O) groups excluding carboxylic acids is 2. The second-order valence-electron chi connectivity index (χ2n) is 5.74. The Bertz CT molecular complexity index is 590. The third kappa shape index (κ3) is 5.73. The zero-order valence-corrected chi connectivity index (χ0v) is 12.9. The van der Waals surface area contributed by atoms with E-state index < -0.39 is 6.36 Å². The van der Waals surface area contributed by atoms with Gasteiger partial charge in [-0.1, -0.05) is 0 Å². The van der Waals surface area contributed by atoms with E-state index in [1.807, 2.05) is 0 Å². The highest BCUT2D eigenvalue weighted by molar-refractivity contribution is 5.91. The predicted octanol–water partition coefficient (Wildman–Crippen LogP) is 0.304. The van der Waals surface area contributed by atoms with Crippen LogP contribution in [0.15, 0.2) is 24.3 Å². The molecule has 1 fully saturated rings. The van der Waals surface area contributed by atoms with Crippen LogP contribution in [0.5, 0.6) is 5.75 Å². The number of carbonyl (C=O) groups is 2. The van der Waals surface area contributed by atoms with E-state index in [4.69, 9.17) is 5.73 Å². The molecule has 1 aromatic rings. The first kappa shape index (κ1) is 18.1. The molecule has 9 heteroatoms. The zero-order chi connectivity index (χ0) is 17.7. The number of hydrogen-bond acceptors (Lipinski definition) is 3. The lowest BCUT2D eigenvalue weighted by Crippen LogP contribution is -3.14. The van der Waals surface area contributed by atoms with Crippen molar-refractivity contribution < 1.29 is 32.4 Å². The number of nitrogens with one attached hydrogen (secondary N) is 2. The summed E-state index contributed by atoms with van der Waals surface area (Å²) < 4.78 is 40.0. The van der Waals surface area contributed by atoms with Gasteiger partial charge in [-0.25, -0.2) is 0 Å². The van der Waals surface area contributed by atoms with Crippen LogP contribution in [0.4, 0.5) is 18.9 Å². The summed E-state index contributed by atoms with van der Waals surface area (Å²) in [4.78, 5) is 24.2. The SMILES string of the molecule is NC(=O)[C@H]1CCC[NH+](CC(=O)Nc2ccc(OC(F)(F)F)cc2)C1. The maximum Gasteiger partial charge on any atom is 0.573 e. The summed E-state index contributed by atoms with van der Waals surface area (Å²) in [5.41, 5.74) is 5.67. The molecule has 1 aliphatic rings. The van der Waals surface area contributed by atoms with Crippen LogP contribution in [0.2, 0.25) is 0 Å². The Balaban J connectivity index is 1.85. The molecule has 1 aliphatic heterocycles. The summed E-state index contributed by atoms with van der Waals surface area (Å²) in [6.07, 6.45) is -3.19. The summed E-state index contributed by atoms with van der Waals surface area (Å²) in [5.74, 6) is -1.21. The minimum absolute atomic E-state index is 0.171. The molecule has 0 saturated carbocycles. The fourth-order valence-electron chi connectivity index (χ4n) is 2.73. The van der Waals surface area contributed by atoms with E-state index in [1.54, 1.807) is 0 Å². The zero-order valence-electron chi connectivity index (χ0n) is 12.9. The minimum Gasteiger partial charge on any atom is -0.406 e. The highest BCUT2D eigenvalue weighted by Gasteiger charge is 2.31. The molecule has 2 amide bonds. The van der Waals surface area contributed by atoms with E-state index in [2.05, 4.69) is 10.1 Å². The molecule has 2 atom stereocenters. The summed E-state index contributed by atoms with van der Waals surface area (Å²) >= 11 is 0. The second kappa shape index (κ2) is 7.52. The summed E-state index contributed by atoms with van der Waals surface area (Å²) in [7, 11) is 0. The first-order chi connectivity index (χ1) is 11.2. The highest BCUT2D eigenvalue weighted by Crippen LogP contribution is 2.23. The van der Waals surface area contributed by atoms with Gasteiger partial charge in [0.05, 0.1) is 19.0 Å². The van der Waals surface area contributed by atoms with Crippen LogP contribution in [0.3, 0.4) is 0 Å². The van der Waals surface area contributed by atoms with E-state index in [0.29, 0.717) is 12.2 Å². The molecule has 2 rings (SSSR count). The molecule has 132 valence electrons. The van der Waals surface area contributed by atoms with Crippen LogP contribution >= 0.6 is 0 Å². The molecular weight excluding hydrogens is 327 g/mol. The number of hydrogen-bond donors (Lipinski definition) is 3. The first-order valence-electron chi connectivity index (χ1n) is 7.51. The van der Waals surface area contributed by atoms with Crippen molar-refractivity contribution in [2.45, 2.75) is 19.2 Å². The molecule has 1 heterocycles. The van der Waals surface area contributed by atoms with Crippen molar-refractivity contribution >= 4 is 17.5 Å². The minimum atomic E-state index is -4.75. The summed E-state index contributed by atoms with van der Waals surface area (Å²) in [5, 5.41) is 2.61. The molecule has 0 spiro atoms. The molecule has 24 heavy (non-hydrogen) atoms. The number of halogens is 3. The smallest absolute Gasteiger partial charge is 0.406 e. The lowest BCUT2D eigenvalue weighted by Gasteiger charge is -2.27. The number of alkyl halides is 3. The van der Waals surface area contributed by atoms with Gasteiger partial charge >= 0.3 is 6.36 Å². The summed E-state index contributed by atoms with van der Waals surface area (Å²) in [6, 6.07) is 4.91. The fraction of sp³-hybridized carbons (Fsp3) is 0.467. The topological polar surface area (TPSA) is 85.9 Å². The Morgan fingerprint density at radius 3 is 2.54 bits per heavy atom. The van der Waals surface area contributed by atoms with E-state index in [-0.39, 0.29) is 30.0 Å². The number of ether oxygens (including phenoxy) is 1. The monoisotopic (exact) mass is 346 g/mol. The Morgan fingerprint density at radius 1 is 1.29 bits per heavy atom. The van der Waals surface area contributed by atoms with Crippen LogP contribution in [-0.4, -0.2) is 37.8 Å². The van der Waals surface area contributed by atoms with Gasteiger partial charge in [-0.2, -0.15) is 0 Å². The predicted molar refractivity (Wildman–Crippen MR) is 79.2 cm³/mol. The quantitative estimate of drug-likeness (QED) is 0.717. The van der Waals surface area contributed by atoms with E-state index in [1.165, 1.54) is 12.1 Å². The second-order valence-corrected chi connectivity index (χ2v) is 5.74. The van der Waals surface area contributed by atoms with Crippen molar-refractivity contribution in [3.05, 3.63) is 24.3 Å². The number of primary amides is 1. The van der Waals surface area contributed by atoms with Gasteiger partial charge in [-0.3, -0.25) is 9.59 Å². The van der Waals surface area contributed by atoms with E-state index in [9.17, 15) is 22.8 Å². The van der Waals surface area contributed by atoms with E-state index in [0.717, 1.165) is 36.4 Å². The van der Waals surface area contributed by atoms with Gasteiger partial charge in [-0.15, -0.1) is 13.2 Å². The Morgan fingerprint density at radius 2 is 1.96 bits per heavy atom. The van der Waals surface area contributed by atoms with Gasteiger partial charge in [0, 0.05) is 5.69 Å². The Kier molecular flexibility index (Phi) is 5.66. The number of quaternary nitrogens is 1. The maximum absolute atomic E-state index is 12.1. The van der Waals surface area contributed by atoms with Crippen molar-refractivity contribution in [3.63, 3.8) is 0 Å². The lowest BCUT2D eigenvalue weighted by atomic mass is 9.97. The number of nitrogens with two attached hydrogens (primary N) is 1. The largest absolute Gasteiger partial charge is 0.573 e. The highest BCUT2D eigenvalue weighted by atomic mass is 19.4. The van der Waals surface area contributed by atoms with Crippen LogP contribution in [-0.2, 0) is 9.59 Å². The van der Waals surface area contributed by atoms with Gasteiger partial charge < -0.3 is 20.7 Å². The van der Waals surface area contributed by atoms with Crippen molar-refractivity contribution in [2.24, 2.45) is 11.7 Å². The first-order valence-corrected chi connectivity index (χ1v) is 7.51. The number of amides is 2. The van der Waals surface area contributed by atoms with Crippen molar-refractivity contribution in [2.75, 3.05) is 25.0 Å². The molecule has 1 saturated heterocycles. The number of anilines is 1. The molecule has 1 aromatic carbocycles. The van der Waals surface area contributed by atoms with Gasteiger partial charge in [-0.05, 0) is 37.1 Å². The number of benzene rings is 1. The van der Waals surface area contributed by atoms with Crippen molar-refractivity contribution in [1.82, 2.24) is 0 Å². The molecule has 4 N–H and O–H groups in total. The van der Waals surface area contributed by atoms with Crippen LogP contribution in [0, 0.1) is 5.92 Å². The number of piperidine rings is 1. The van der Waals surface area contributed by atoms with Crippen LogP contribution in [0.25, 0.3) is 0 Å². The maximum atomic E-state index is 12.1. The average molecular weight is 346 g/mol. The third-order valence-corrected chi connectivity index (χ3v) is 3.80. The molecule has 0 aromatic heterocycles. The van der Waals surface area contributed by atoms with Crippen molar-refractivity contribution in [1.29, 1.82) is 0 Å². The van der Waals surface area contributed by atoms with Gasteiger partial charge in [0.15, 0.2) is 6.54 Å². The number of likely N-dealkylation sites (tertiary alicyclic amines) is 1. The molecule has 6 nitrogen and oxygen atoms in total. The fourth-order valence-corrected chi connectivity index (χ4v) is 2.73. The van der Waals surface area contributed by atoms with E-state index >= 15 is 0 Å². The van der Waals surface area contributed by atoms with Gasteiger partial charge in [0.1, 0.15) is 5.75 Å². The van der Waals surface area contributed by atoms with Crippen molar-refractivity contribution in [3.8, 4) is 5.75 Å². The van der Waals surface area contributed by atoms with Crippen LogP contribution in [0.1, 0.15) is 12.8 Å². The average Bonchev–Trinajstić information content (AvgIpc) is 2.48. The standard InChI is InChI=1S/C15H18F3N3O3/c16-15(17,18)24-12-5-3-11(4-6-12)20-13(22)9-21-7-1-2-10(8-21)14(19)23/h3-6,10H,1-2,7-9H2,(H2,19,23)(H,20,22)/p+1/t10-/m0/s1. The third-order valence-electron chi connectivity index (χ3n) is 3.80. The Labute approximate surface area is 136 Å². The van der Waals surface area contributed by atoms with Gasteiger partial charge in [0.25, 0.3) is 5.91 Å². The number of rotatable bonds is 5. The Hall–Kier alpha value is -2.29. The normalized spacial score (nSPS) is 21.1. The molecule has 0 radical (unpaired) electrons. The molecule has 0 bridgehead atoms. The molecular formula is C15H19F3N3O3+. The summed E-state index contributed by atoms with van der Waals surface area (Å²) in [6.45, 7) is 1.46. The van der Waals surface area contributed by atoms with Crippen LogP contribution < -0.4 is 20.7 Å².